The van der Waals surface area contributed by atoms with Crippen molar-refractivity contribution in [3.05, 3.63) is 42.2 Å². The number of rotatable bonds is 8. The zero-order valence-corrected chi connectivity index (χ0v) is 17.7. The summed E-state index contributed by atoms with van der Waals surface area (Å²) in [6.07, 6.45) is 1.48. The summed E-state index contributed by atoms with van der Waals surface area (Å²) in [6.45, 7) is 5.12. The Morgan fingerprint density at radius 2 is 1.73 bits per heavy atom. The zero-order chi connectivity index (χ0) is 21.7. The summed E-state index contributed by atoms with van der Waals surface area (Å²) in [4.78, 5) is 14.8. The Kier molecular flexibility index (Phi) is 6.51. The van der Waals surface area contributed by atoms with E-state index < -0.39 is 0 Å². The van der Waals surface area contributed by atoms with Crippen molar-refractivity contribution < 1.29 is 19.0 Å². The van der Waals surface area contributed by atoms with Crippen LogP contribution >= 0.6 is 0 Å². The first-order chi connectivity index (χ1) is 14.6. The number of ether oxygens (including phenoxy) is 3. The number of carbonyl (C=O) groups is 1. The van der Waals surface area contributed by atoms with Gasteiger partial charge in [0.15, 0.2) is 11.5 Å². The highest BCUT2D eigenvalue weighted by atomic mass is 16.5. The largest absolute Gasteiger partial charge is 0.493 e. The molecule has 3 aromatic rings. The van der Waals surface area contributed by atoms with E-state index in [0.29, 0.717) is 41.6 Å². The molecule has 30 heavy (non-hydrogen) atoms. The average molecular weight is 411 g/mol. The minimum absolute atomic E-state index is 0.0735. The van der Waals surface area contributed by atoms with Gasteiger partial charge in [-0.3, -0.25) is 4.79 Å². The molecule has 0 fully saturated rings. The van der Waals surface area contributed by atoms with Gasteiger partial charge in [0, 0.05) is 24.2 Å². The molecule has 0 radical (unpaired) electrons. The molecule has 0 N–H and O–H groups in total. The Balaban J connectivity index is 2.23. The van der Waals surface area contributed by atoms with Crippen LogP contribution in [0.4, 0.5) is 0 Å². The van der Waals surface area contributed by atoms with E-state index in [1.165, 1.54) is 11.0 Å². The molecule has 1 heterocycles. The van der Waals surface area contributed by atoms with Gasteiger partial charge >= 0.3 is 0 Å². The van der Waals surface area contributed by atoms with Crippen LogP contribution in [0, 0.1) is 0 Å². The minimum Gasteiger partial charge on any atom is -0.493 e. The molecule has 0 atom stereocenters. The molecule has 0 saturated carbocycles. The first-order valence-corrected chi connectivity index (χ1v) is 9.54. The van der Waals surface area contributed by atoms with Crippen LogP contribution in [0.1, 0.15) is 24.2 Å². The maximum Gasteiger partial charge on any atom is 0.253 e. The van der Waals surface area contributed by atoms with E-state index in [4.69, 9.17) is 14.2 Å². The zero-order valence-electron chi connectivity index (χ0n) is 17.7. The lowest BCUT2D eigenvalue weighted by molar-refractivity contribution is 0.0773. The number of tetrazole rings is 1. The third kappa shape index (κ3) is 3.91. The first-order valence-electron chi connectivity index (χ1n) is 9.54. The van der Waals surface area contributed by atoms with Crippen LogP contribution in [0.25, 0.3) is 16.8 Å². The maximum absolute atomic E-state index is 13.1. The summed E-state index contributed by atoms with van der Waals surface area (Å²) >= 11 is 0. The highest BCUT2D eigenvalue weighted by Gasteiger charge is 2.20. The lowest BCUT2D eigenvalue weighted by atomic mass is 9.99. The van der Waals surface area contributed by atoms with Gasteiger partial charge in [-0.15, -0.1) is 5.10 Å². The van der Waals surface area contributed by atoms with Gasteiger partial charge < -0.3 is 19.1 Å². The lowest BCUT2D eigenvalue weighted by Gasteiger charge is -2.20. The molecule has 9 heteroatoms. The Labute approximate surface area is 175 Å². The summed E-state index contributed by atoms with van der Waals surface area (Å²) in [5.41, 5.74) is 2.69. The van der Waals surface area contributed by atoms with Crippen molar-refractivity contribution in [2.24, 2.45) is 0 Å². The third-order valence-electron chi connectivity index (χ3n) is 4.84. The smallest absolute Gasteiger partial charge is 0.253 e. The molecule has 0 aliphatic heterocycles. The van der Waals surface area contributed by atoms with Crippen LogP contribution in [-0.2, 0) is 0 Å². The lowest BCUT2D eigenvalue weighted by Crippen LogP contribution is -2.30. The predicted octanol–water partition coefficient (Wildman–Crippen LogP) is 2.84. The minimum atomic E-state index is -0.0735. The first kappa shape index (κ1) is 21.1. The molecule has 2 aromatic carbocycles. The van der Waals surface area contributed by atoms with Crippen molar-refractivity contribution in [3.63, 3.8) is 0 Å². The second kappa shape index (κ2) is 9.25. The van der Waals surface area contributed by atoms with Crippen molar-refractivity contribution in [1.82, 2.24) is 25.1 Å². The van der Waals surface area contributed by atoms with Gasteiger partial charge in [-0.05, 0) is 60.2 Å². The summed E-state index contributed by atoms with van der Waals surface area (Å²) in [6, 6.07) is 9.15. The summed E-state index contributed by atoms with van der Waals surface area (Å²) in [5.74, 6) is 1.46. The van der Waals surface area contributed by atoms with Gasteiger partial charge in [0.05, 0.1) is 27.0 Å². The van der Waals surface area contributed by atoms with Crippen molar-refractivity contribution >= 4 is 5.91 Å². The van der Waals surface area contributed by atoms with Gasteiger partial charge in [0.25, 0.3) is 5.91 Å². The van der Waals surface area contributed by atoms with E-state index in [1.807, 2.05) is 32.0 Å². The summed E-state index contributed by atoms with van der Waals surface area (Å²) in [7, 11) is 4.68. The van der Waals surface area contributed by atoms with Gasteiger partial charge in [0.2, 0.25) is 5.75 Å². The molecule has 3 rings (SSSR count). The Morgan fingerprint density at radius 3 is 2.30 bits per heavy atom. The highest BCUT2D eigenvalue weighted by molar-refractivity contribution is 5.96. The fourth-order valence-corrected chi connectivity index (χ4v) is 3.32. The molecule has 1 aromatic heterocycles. The van der Waals surface area contributed by atoms with E-state index in [1.54, 1.807) is 38.4 Å². The number of nitrogens with zero attached hydrogens (tertiary/aromatic N) is 5. The average Bonchev–Trinajstić information content (AvgIpc) is 3.33. The molecule has 0 aliphatic rings. The molecule has 0 unspecified atom stereocenters. The molecule has 0 bridgehead atoms. The van der Waals surface area contributed by atoms with Crippen LogP contribution in [0.3, 0.4) is 0 Å². The molecule has 9 nitrogen and oxygen atoms in total. The third-order valence-corrected chi connectivity index (χ3v) is 4.84. The fourth-order valence-electron chi connectivity index (χ4n) is 3.32. The topological polar surface area (TPSA) is 91.6 Å². The van der Waals surface area contributed by atoms with Crippen LogP contribution in [0.15, 0.2) is 36.7 Å². The molecule has 1 amide bonds. The Morgan fingerprint density at radius 1 is 1.00 bits per heavy atom. The number of carbonyl (C=O) groups excluding carboxylic acids is 1. The van der Waals surface area contributed by atoms with E-state index in [-0.39, 0.29) is 5.91 Å². The van der Waals surface area contributed by atoms with Crippen LogP contribution in [0.2, 0.25) is 0 Å². The monoisotopic (exact) mass is 411 g/mol. The number of benzene rings is 2. The number of hydrogen-bond acceptors (Lipinski definition) is 7. The van der Waals surface area contributed by atoms with Gasteiger partial charge in [-0.1, -0.05) is 0 Å². The SMILES string of the molecule is CCN(CC)C(=O)c1cc(-c2ccc(OC)c(OC)c2OC)cc(-n2cnnn2)c1. The number of hydrogen-bond donors (Lipinski definition) is 0. The summed E-state index contributed by atoms with van der Waals surface area (Å²) < 4.78 is 18.0. The van der Waals surface area contributed by atoms with E-state index in [2.05, 4.69) is 15.5 Å². The molecule has 0 aliphatic carbocycles. The Hall–Kier alpha value is -3.62. The molecular formula is C21H25N5O4. The van der Waals surface area contributed by atoms with Crippen molar-refractivity contribution in [1.29, 1.82) is 0 Å². The normalized spacial score (nSPS) is 10.6. The number of aromatic nitrogens is 4. The summed E-state index contributed by atoms with van der Waals surface area (Å²) in [5, 5.41) is 11.4. The van der Waals surface area contributed by atoms with Crippen molar-refractivity contribution in [2.75, 3.05) is 34.4 Å². The number of amides is 1. The second-order valence-electron chi connectivity index (χ2n) is 6.38. The van der Waals surface area contributed by atoms with Crippen LogP contribution in [0.5, 0.6) is 17.2 Å². The maximum atomic E-state index is 13.1. The molecular weight excluding hydrogens is 386 g/mol. The van der Waals surface area contributed by atoms with Crippen molar-refractivity contribution in [2.45, 2.75) is 13.8 Å². The molecule has 0 saturated heterocycles. The quantitative estimate of drug-likeness (QED) is 0.563. The van der Waals surface area contributed by atoms with Crippen LogP contribution < -0.4 is 14.2 Å². The molecule has 158 valence electrons. The second-order valence-corrected chi connectivity index (χ2v) is 6.38. The van der Waals surface area contributed by atoms with Gasteiger partial charge in [-0.2, -0.15) is 0 Å². The van der Waals surface area contributed by atoms with Gasteiger partial charge in [0.1, 0.15) is 6.33 Å². The van der Waals surface area contributed by atoms with E-state index >= 15 is 0 Å². The molecule has 0 spiro atoms. The predicted molar refractivity (Wildman–Crippen MR) is 111 cm³/mol. The Bertz CT molecular complexity index is 1020. The number of methoxy groups -OCH3 is 3. The van der Waals surface area contributed by atoms with Crippen molar-refractivity contribution in [3.8, 4) is 34.1 Å². The van der Waals surface area contributed by atoms with E-state index in [9.17, 15) is 4.79 Å². The standard InChI is InChI=1S/C21H25N5O4/c1-6-25(7-2)21(27)15-10-14(11-16(12-15)26-13-22-23-24-26)17-8-9-18(28-3)20(30-5)19(17)29-4/h8-13H,6-7H2,1-5H3. The fraction of sp³-hybridized carbons (Fsp3) is 0.333. The highest BCUT2D eigenvalue weighted by Crippen LogP contribution is 2.44. The van der Waals surface area contributed by atoms with E-state index in [0.717, 1.165) is 11.1 Å². The van der Waals surface area contributed by atoms with Crippen LogP contribution in [-0.4, -0.2) is 65.4 Å². The van der Waals surface area contributed by atoms with Gasteiger partial charge in [-0.25, -0.2) is 4.68 Å².